The highest BCUT2D eigenvalue weighted by atomic mass is 16.3. The topological polar surface area (TPSA) is 81.5 Å². The molecular formula is C19H24N4O3. The lowest BCUT2D eigenvalue weighted by atomic mass is 10.1. The standard InChI is InChI=1S/C19H24N4O3/c1-12(18(24)20-14-7-5-3-4-6-8-14)23-19(25)16-11-17-15(9-10-26-17)22(16)13(2)21-23/h9-12,14H,3-8H2,1-2H3,(H,20,24). The van der Waals surface area contributed by atoms with E-state index in [1.807, 2.05) is 13.0 Å². The van der Waals surface area contributed by atoms with E-state index in [-0.39, 0.29) is 17.5 Å². The number of hydrogen-bond acceptors (Lipinski definition) is 4. The zero-order valence-corrected chi connectivity index (χ0v) is 15.2. The summed E-state index contributed by atoms with van der Waals surface area (Å²) in [6.07, 6.45) is 8.35. The van der Waals surface area contributed by atoms with E-state index < -0.39 is 6.04 Å². The van der Waals surface area contributed by atoms with Gasteiger partial charge in [0.2, 0.25) is 5.91 Å². The summed E-state index contributed by atoms with van der Waals surface area (Å²) in [6.45, 7) is 3.55. The number of furan rings is 1. The van der Waals surface area contributed by atoms with Crippen molar-refractivity contribution < 1.29 is 9.21 Å². The maximum Gasteiger partial charge on any atom is 0.291 e. The van der Waals surface area contributed by atoms with Gasteiger partial charge in [0.05, 0.1) is 11.8 Å². The second kappa shape index (κ2) is 6.63. The van der Waals surface area contributed by atoms with Crippen LogP contribution in [0.2, 0.25) is 0 Å². The molecule has 4 rings (SSSR count). The second-order valence-corrected chi connectivity index (χ2v) is 7.21. The molecule has 1 amide bonds. The van der Waals surface area contributed by atoms with E-state index in [1.54, 1.807) is 23.7 Å². The number of amides is 1. The van der Waals surface area contributed by atoms with Crippen LogP contribution in [-0.2, 0) is 4.79 Å². The van der Waals surface area contributed by atoms with Crippen LogP contribution in [0.15, 0.2) is 27.6 Å². The molecule has 0 bridgehead atoms. The number of carbonyl (C=O) groups is 1. The molecule has 1 aliphatic carbocycles. The highest BCUT2D eigenvalue weighted by Gasteiger charge is 2.24. The number of carbonyl (C=O) groups excluding carboxylic acids is 1. The van der Waals surface area contributed by atoms with Gasteiger partial charge >= 0.3 is 0 Å². The molecule has 1 unspecified atom stereocenters. The van der Waals surface area contributed by atoms with Crippen molar-refractivity contribution in [2.75, 3.05) is 0 Å². The summed E-state index contributed by atoms with van der Waals surface area (Å²) in [7, 11) is 0. The van der Waals surface area contributed by atoms with Gasteiger partial charge < -0.3 is 9.73 Å². The molecule has 3 aromatic rings. The van der Waals surface area contributed by atoms with E-state index in [2.05, 4.69) is 10.4 Å². The Labute approximate surface area is 151 Å². The minimum Gasteiger partial charge on any atom is -0.463 e. The Morgan fingerprint density at radius 1 is 1.27 bits per heavy atom. The van der Waals surface area contributed by atoms with Crippen molar-refractivity contribution in [3.63, 3.8) is 0 Å². The fraction of sp³-hybridized carbons (Fsp3) is 0.526. The predicted molar refractivity (Wildman–Crippen MR) is 98.3 cm³/mol. The first kappa shape index (κ1) is 16.9. The molecule has 3 heterocycles. The number of nitrogens with zero attached hydrogens (tertiary/aromatic N) is 3. The molecule has 1 N–H and O–H groups in total. The van der Waals surface area contributed by atoms with E-state index in [0.717, 1.165) is 31.2 Å². The number of fused-ring (bicyclic) bond motifs is 3. The fourth-order valence-corrected chi connectivity index (χ4v) is 3.91. The lowest BCUT2D eigenvalue weighted by Crippen LogP contribution is -2.42. The van der Waals surface area contributed by atoms with Gasteiger partial charge in [-0.05, 0) is 26.7 Å². The van der Waals surface area contributed by atoms with Crippen LogP contribution in [0.5, 0.6) is 0 Å². The average Bonchev–Trinajstić information content (AvgIpc) is 3.12. The quantitative estimate of drug-likeness (QED) is 0.732. The number of rotatable bonds is 3. The first-order chi connectivity index (χ1) is 12.6. The van der Waals surface area contributed by atoms with Crippen molar-refractivity contribution in [3.8, 4) is 0 Å². The van der Waals surface area contributed by atoms with Crippen LogP contribution in [-0.4, -0.2) is 26.1 Å². The minimum atomic E-state index is -0.657. The van der Waals surface area contributed by atoms with E-state index in [9.17, 15) is 9.59 Å². The van der Waals surface area contributed by atoms with Crippen molar-refractivity contribution in [2.24, 2.45) is 0 Å². The normalized spacial score (nSPS) is 17.5. The predicted octanol–water partition coefficient (Wildman–Crippen LogP) is 2.95. The molecule has 1 aliphatic rings. The van der Waals surface area contributed by atoms with E-state index in [0.29, 0.717) is 16.9 Å². The Morgan fingerprint density at radius 2 is 2.00 bits per heavy atom. The van der Waals surface area contributed by atoms with Crippen molar-refractivity contribution in [3.05, 3.63) is 34.6 Å². The average molecular weight is 356 g/mol. The van der Waals surface area contributed by atoms with Crippen LogP contribution in [0.4, 0.5) is 0 Å². The van der Waals surface area contributed by atoms with Gasteiger partial charge in [-0.2, -0.15) is 5.10 Å². The summed E-state index contributed by atoms with van der Waals surface area (Å²) in [5.41, 5.74) is 1.64. The molecule has 0 radical (unpaired) electrons. The van der Waals surface area contributed by atoms with Crippen LogP contribution in [0.3, 0.4) is 0 Å². The van der Waals surface area contributed by atoms with Gasteiger partial charge in [0.15, 0.2) is 5.58 Å². The Morgan fingerprint density at radius 3 is 2.73 bits per heavy atom. The SMILES string of the molecule is Cc1nn(C(C)C(=O)NC2CCCCCC2)c(=O)c2cc3occc3n12. The van der Waals surface area contributed by atoms with Crippen LogP contribution < -0.4 is 10.9 Å². The van der Waals surface area contributed by atoms with Crippen LogP contribution in [0, 0.1) is 6.92 Å². The summed E-state index contributed by atoms with van der Waals surface area (Å²) < 4.78 is 8.46. The van der Waals surface area contributed by atoms with Gasteiger partial charge in [-0.15, -0.1) is 0 Å². The summed E-state index contributed by atoms with van der Waals surface area (Å²) in [6, 6.07) is 3.06. The van der Waals surface area contributed by atoms with Gasteiger partial charge in [-0.25, -0.2) is 4.68 Å². The lowest BCUT2D eigenvalue weighted by molar-refractivity contribution is -0.125. The van der Waals surface area contributed by atoms with Gasteiger partial charge in [0, 0.05) is 18.2 Å². The highest BCUT2D eigenvalue weighted by Crippen LogP contribution is 2.21. The van der Waals surface area contributed by atoms with E-state index in [4.69, 9.17) is 4.42 Å². The zero-order chi connectivity index (χ0) is 18.3. The van der Waals surface area contributed by atoms with Gasteiger partial charge in [0.25, 0.3) is 5.56 Å². The van der Waals surface area contributed by atoms with Crippen molar-refractivity contribution in [1.82, 2.24) is 19.5 Å². The van der Waals surface area contributed by atoms with Crippen molar-refractivity contribution in [1.29, 1.82) is 0 Å². The first-order valence-electron chi connectivity index (χ1n) is 9.34. The molecule has 1 saturated carbocycles. The third-order valence-electron chi connectivity index (χ3n) is 5.37. The molecule has 0 aliphatic heterocycles. The fourth-order valence-electron chi connectivity index (χ4n) is 3.91. The minimum absolute atomic E-state index is 0.148. The summed E-state index contributed by atoms with van der Waals surface area (Å²) in [5.74, 6) is 0.496. The summed E-state index contributed by atoms with van der Waals surface area (Å²) in [4.78, 5) is 25.6. The maximum atomic E-state index is 12.9. The van der Waals surface area contributed by atoms with Crippen LogP contribution in [0.1, 0.15) is 57.3 Å². The van der Waals surface area contributed by atoms with Gasteiger partial charge in [0.1, 0.15) is 17.4 Å². The Bertz CT molecular complexity index is 1010. The third-order valence-corrected chi connectivity index (χ3v) is 5.37. The smallest absolute Gasteiger partial charge is 0.291 e. The van der Waals surface area contributed by atoms with Crippen LogP contribution in [0.25, 0.3) is 16.6 Å². The van der Waals surface area contributed by atoms with E-state index in [1.165, 1.54) is 17.5 Å². The zero-order valence-electron chi connectivity index (χ0n) is 15.2. The van der Waals surface area contributed by atoms with Gasteiger partial charge in [-0.1, -0.05) is 25.7 Å². The second-order valence-electron chi connectivity index (χ2n) is 7.21. The monoisotopic (exact) mass is 356 g/mol. The number of hydrogen-bond donors (Lipinski definition) is 1. The number of aryl methyl sites for hydroxylation is 1. The van der Waals surface area contributed by atoms with Crippen molar-refractivity contribution in [2.45, 2.75) is 64.5 Å². The Balaban J connectivity index is 1.65. The largest absolute Gasteiger partial charge is 0.463 e. The summed E-state index contributed by atoms with van der Waals surface area (Å²) >= 11 is 0. The van der Waals surface area contributed by atoms with Crippen LogP contribution >= 0.6 is 0 Å². The molecule has 1 atom stereocenters. The molecule has 0 saturated heterocycles. The maximum absolute atomic E-state index is 12.9. The Kier molecular flexibility index (Phi) is 4.30. The summed E-state index contributed by atoms with van der Waals surface area (Å²) in [5, 5.41) is 7.51. The molecular weight excluding hydrogens is 332 g/mol. The molecule has 26 heavy (non-hydrogen) atoms. The molecule has 7 nitrogen and oxygen atoms in total. The van der Waals surface area contributed by atoms with Gasteiger partial charge in [-0.3, -0.25) is 14.0 Å². The number of nitrogens with one attached hydrogen (secondary N) is 1. The molecule has 3 aromatic heterocycles. The van der Waals surface area contributed by atoms with E-state index >= 15 is 0 Å². The molecule has 138 valence electrons. The Hall–Kier alpha value is -2.57. The van der Waals surface area contributed by atoms with Crippen molar-refractivity contribution >= 4 is 22.5 Å². The number of aromatic nitrogens is 3. The molecule has 1 fully saturated rings. The first-order valence-corrected chi connectivity index (χ1v) is 9.34. The molecule has 7 heteroatoms. The third kappa shape index (κ3) is 2.81. The molecule has 0 aromatic carbocycles. The highest BCUT2D eigenvalue weighted by molar-refractivity contribution is 5.83. The molecule has 0 spiro atoms. The lowest BCUT2D eigenvalue weighted by Gasteiger charge is -2.20.